The van der Waals surface area contributed by atoms with Crippen LogP contribution in [-0.4, -0.2) is 34.0 Å². The van der Waals surface area contributed by atoms with E-state index in [2.05, 4.69) is 0 Å². The monoisotopic (exact) mass is 636 g/mol. The number of nitrogens with two attached hydrogens (primary N) is 2. The number of carbonyl (C=O) groups is 2. The maximum absolute atomic E-state index is 12.3. The number of ether oxygens (including phenoxy) is 2. The summed E-state index contributed by atoms with van der Waals surface area (Å²) in [5.74, 6) is 1.24. The van der Waals surface area contributed by atoms with Crippen LogP contribution in [0.3, 0.4) is 0 Å². The molecule has 0 aliphatic heterocycles. The Balaban J connectivity index is 0.000000256. The first-order valence-electron chi connectivity index (χ1n) is 15.5. The molecule has 246 valence electrons. The summed E-state index contributed by atoms with van der Waals surface area (Å²) in [5, 5.41) is 19.9. The summed E-state index contributed by atoms with van der Waals surface area (Å²) in [6, 6.07) is 20.4. The Morgan fingerprint density at radius 1 is 0.681 bits per heavy atom. The third-order valence-electron chi connectivity index (χ3n) is 6.86. The van der Waals surface area contributed by atoms with Gasteiger partial charge in [0.2, 0.25) is 0 Å². The average molecular weight is 637 g/mol. The molecule has 8 heteroatoms. The third-order valence-corrected chi connectivity index (χ3v) is 6.86. The van der Waals surface area contributed by atoms with Gasteiger partial charge in [-0.05, 0) is 137 Å². The van der Waals surface area contributed by atoms with Crippen molar-refractivity contribution in [1.82, 2.24) is 0 Å². The zero-order valence-electron chi connectivity index (χ0n) is 27.8. The highest BCUT2D eigenvalue weighted by Crippen LogP contribution is 2.31. The highest BCUT2D eigenvalue weighted by Gasteiger charge is 2.11. The number of benzene rings is 4. The summed E-state index contributed by atoms with van der Waals surface area (Å²) in [5.41, 5.74) is 16.7. The van der Waals surface area contributed by atoms with Crippen molar-refractivity contribution in [2.45, 2.75) is 60.2 Å². The van der Waals surface area contributed by atoms with Gasteiger partial charge in [-0.2, -0.15) is 0 Å². The molecule has 47 heavy (non-hydrogen) atoms. The minimum Gasteiger partial charge on any atom is -0.508 e. The van der Waals surface area contributed by atoms with Gasteiger partial charge < -0.3 is 31.2 Å². The lowest BCUT2D eigenvalue weighted by atomic mass is 10.0. The van der Waals surface area contributed by atoms with Gasteiger partial charge in [0.1, 0.15) is 23.0 Å². The molecule has 0 heterocycles. The van der Waals surface area contributed by atoms with E-state index >= 15 is 0 Å². The van der Waals surface area contributed by atoms with Crippen molar-refractivity contribution in [2.24, 2.45) is 0 Å². The molecule has 0 aliphatic carbocycles. The van der Waals surface area contributed by atoms with Crippen LogP contribution in [0, 0.1) is 6.92 Å². The molecule has 4 aromatic carbocycles. The molecule has 0 bridgehead atoms. The lowest BCUT2D eigenvalue weighted by Crippen LogP contribution is -2.07. The van der Waals surface area contributed by atoms with Crippen molar-refractivity contribution < 1.29 is 29.3 Å². The average Bonchev–Trinajstić information content (AvgIpc) is 3.02. The summed E-state index contributed by atoms with van der Waals surface area (Å²) < 4.78 is 11.4. The number of hydrogen-bond acceptors (Lipinski definition) is 8. The van der Waals surface area contributed by atoms with Gasteiger partial charge >= 0.3 is 0 Å². The largest absolute Gasteiger partial charge is 0.508 e. The number of aromatic hydroxyl groups is 2. The molecular formula is C39H44N2O6. The minimum absolute atomic E-state index is 0.0305. The van der Waals surface area contributed by atoms with E-state index in [1.807, 2.05) is 40.7 Å². The van der Waals surface area contributed by atoms with Gasteiger partial charge in [0.15, 0.2) is 11.6 Å². The summed E-state index contributed by atoms with van der Waals surface area (Å²) in [6.07, 6.45) is 7.04. The van der Waals surface area contributed by atoms with Crippen LogP contribution in [0.25, 0.3) is 12.2 Å². The van der Waals surface area contributed by atoms with E-state index in [-0.39, 0.29) is 35.3 Å². The number of carbonyl (C=O) groups excluding carboxylic acids is 2. The van der Waals surface area contributed by atoms with E-state index in [9.17, 15) is 19.8 Å². The second kappa shape index (κ2) is 16.7. The van der Waals surface area contributed by atoms with E-state index in [1.165, 1.54) is 12.2 Å². The summed E-state index contributed by atoms with van der Waals surface area (Å²) >= 11 is 0. The molecule has 0 aliphatic rings. The van der Waals surface area contributed by atoms with Crippen LogP contribution in [0.1, 0.15) is 77.6 Å². The molecular weight excluding hydrogens is 592 g/mol. The van der Waals surface area contributed by atoms with Crippen molar-refractivity contribution in [3.63, 3.8) is 0 Å². The first kappa shape index (κ1) is 36.0. The van der Waals surface area contributed by atoms with Crippen LogP contribution in [-0.2, 0) is 6.42 Å². The van der Waals surface area contributed by atoms with Crippen molar-refractivity contribution >= 4 is 35.1 Å². The molecule has 0 unspecified atom stereocenters. The van der Waals surface area contributed by atoms with Gasteiger partial charge in [-0.3, -0.25) is 9.59 Å². The predicted molar refractivity (Wildman–Crippen MR) is 190 cm³/mol. The number of rotatable bonds is 11. The number of hydrogen-bond donors (Lipinski definition) is 4. The second-order valence-corrected chi connectivity index (χ2v) is 11.5. The number of phenols is 2. The third kappa shape index (κ3) is 10.8. The Morgan fingerprint density at radius 2 is 1.09 bits per heavy atom. The van der Waals surface area contributed by atoms with Gasteiger partial charge in [-0.25, -0.2) is 0 Å². The molecule has 0 radical (unpaired) electrons. The van der Waals surface area contributed by atoms with E-state index < -0.39 is 0 Å². The molecule has 0 saturated heterocycles. The van der Waals surface area contributed by atoms with Gasteiger partial charge in [-0.1, -0.05) is 6.92 Å². The highest BCUT2D eigenvalue weighted by atomic mass is 16.5. The Kier molecular flexibility index (Phi) is 12.8. The molecule has 4 aromatic rings. The molecule has 8 nitrogen and oxygen atoms in total. The lowest BCUT2D eigenvalue weighted by Gasteiger charge is -2.14. The van der Waals surface area contributed by atoms with Crippen molar-refractivity contribution in [1.29, 1.82) is 0 Å². The molecule has 0 fully saturated rings. The van der Waals surface area contributed by atoms with Crippen LogP contribution >= 0.6 is 0 Å². The number of aryl methyl sites for hydroxylation is 2. The molecule has 0 spiro atoms. The van der Waals surface area contributed by atoms with Crippen LogP contribution in [0.4, 0.5) is 11.4 Å². The Hall–Kier alpha value is -5.50. The minimum atomic E-state index is -0.119. The first-order chi connectivity index (χ1) is 22.3. The van der Waals surface area contributed by atoms with E-state index in [0.29, 0.717) is 40.4 Å². The SMILES string of the molecule is CCc1cc(/C=C/C(=O)c2ccc(N)cc2)c(OC(C)C)cc1O.Cc1cc(/C=C/C(=O)c2ccc(N)cc2)c(OC(C)C)cc1O. The fourth-order valence-electron chi connectivity index (χ4n) is 4.41. The predicted octanol–water partition coefficient (Wildman–Crippen LogP) is 8.19. The molecule has 0 saturated carbocycles. The quantitative estimate of drug-likeness (QED) is 0.0733. The summed E-state index contributed by atoms with van der Waals surface area (Å²) in [6.45, 7) is 11.4. The van der Waals surface area contributed by atoms with Gasteiger partial charge in [-0.15, -0.1) is 0 Å². The molecule has 0 amide bonds. The smallest absolute Gasteiger partial charge is 0.185 e. The number of allylic oxidation sites excluding steroid dienone is 2. The zero-order valence-corrected chi connectivity index (χ0v) is 27.8. The summed E-state index contributed by atoms with van der Waals surface area (Å²) in [7, 11) is 0. The number of ketones is 2. The van der Waals surface area contributed by atoms with E-state index in [0.717, 1.165) is 22.3 Å². The standard InChI is InChI=1S/C20H23NO3.C19H21NO3/c1-4-14-11-16(20(12-19(14)23)24-13(2)3)7-10-18(22)15-5-8-17(21)9-6-15;1-12(2)23-19-11-18(22)13(3)10-15(19)6-9-17(21)14-4-7-16(20)8-5-14/h5-13,23H,4,21H2,1-3H3;4-12,22H,20H2,1-3H3/b10-7+;9-6+. The fraction of sp³-hybridized carbons (Fsp3) is 0.231. The van der Waals surface area contributed by atoms with Crippen LogP contribution < -0.4 is 20.9 Å². The lowest BCUT2D eigenvalue weighted by molar-refractivity contribution is 0.103. The van der Waals surface area contributed by atoms with Crippen LogP contribution in [0.15, 0.2) is 84.9 Å². The van der Waals surface area contributed by atoms with Gasteiger partial charge in [0.05, 0.1) is 12.2 Å². The second-order valence-electron chi connectivity index (χ2n) is 11.5. The molecule has 6 N–H and O–H groups in total. The zero-order chi connectivity index (χ0) is 34.7. The maximum atomic E-state index is 12.3. The fourth-order valence-corrected chi connectivity index (χ4v) is 4.41. The molecule has 0 atom stereocenters. The Labute approximate surface area is 277 Å². The van der Waals surface area contributed by atoms with Crippen LogP contribution in [0.2, 0.25) is 0 Å². The number of anilines is 2. The van der Waals surface area contributed by atoms with E-state index in [1.54, 1.807) is 85.8 Å². The Morgan fingerprint density at radius 3 is 1.49 bits per heavy atom. The van der Waals surface area contributed by atoms with Crippen molar-refractivity contribution in [2.75, 3.05) is 11.5 Å². The number of phenolic OH excluding ortho intramolecular Hbond substituents is 2. The molecule has 0 aromatic heterocycles. The number of nitrogen functional groups attached to an aromatic ring is 2. The van der Waals surface area contributed by atoms with Gasteiger partial charge in [0.25, 0.3) is 0 Å². The first-order valence-corrected chi connectivity index (χ1v) is 15.5. The normalized spacial score (nSPS) is 11.1. The highest BCUT2D eigenvalue weighted by molar-refractivity contribution is 6.07. The summed E-state index contributed by atoms with van der Waals surface area (Å²) in [4.78, 5) is 24.5. The maximum Gasteiger partial charge on any atom is 0.185 e. The van der Waals surface area contributed by atoms with Gasteiger partial charge in [0, 0.05) is 45.8 Å². The van der Waals surface area contributed by atoms with Crippen LogP contribution in [0.5, 0.6) is 23.0 Å². The van der Waals surface area contributed by atoms with Crippen molar-refractivity contribution in [3.8, 4) is 23.0 Å². The Bertz CT molecular complexity index is 1740. The van der Waals surface area contributed by atoms with Crippen molar-refractivity contribution in [3.05, 3.63) is 118 Å². The molecule has 4 rings (SSSR count). The topological polar surface area (TPSA) is 145 Å². The van der Waals surface area contributed by atoms with E-state index in [4.69, 9.17) is 20.9 Å².